The molecule has 1 fully saturated rings. The second kappa shape index (κ2) is 3.02. The van der Waals surface area contributed by atoms with E-state index < -0.39 is 0 Å². The number of nitriles is 1. The number of aliphatic hydroxyl groups excluding tert-OH is 1. The summed E-state index contributed by atoms with van der Waals surface area (Å²) in [6, 6.07) is 1.84. The molecule has 0 aromatic carbocycles. The maximum Gasteiger partial charge on any atom is 0.153 e. The molecule has 1 rings (SSSR count). The monoisotopic (exact) mass is 153 g/mol. The SMILES string of the molecule is N#CCC(=O)C1(CCO)CC1. The zero-order valence-corrected chi connectivity index (χ0v) is 6.34. The summed E-state index contributed by atoms with van der Waals surface area (Å²) in [5, 5.41) is 16.9. The topological polar surface area (TPSA) is 61.1 Å². The van der Waals surface area contributed by atoms with Crippen molar-refractivity contribution in [1.29, 1.82) is 5.26 Å². The smallest absolute Gasteiger partial charge is 0.153 e. The van der Waals surface area contributed by atoms with Gasteiger partial charge in [-0.3, -0.25) is 4.79 Å². The molecule has 11 heavy (non-hydrogen) atoms. The summed E-state index contributed by atoms with van der Waals surface area (Å²) in [4.78, 5) is 11.2. The van der Waals surface area contributed by atoms with Crippen molar-refractivity contribution in [2.24, 2.45) is 5.41 Å². The fourth-order valence-corrected chi connectivity index (χ4v) is 1.29. The molecule has 0 spiro atoms. The molecule has 0 radical (unpaired) electrons. The van der Waals surface area contributed by atoms with Crippen molar-refractivity contribution in [1.82, 2.24) is 0 Å². The number of hydrogen-bond donors (Lipinski definition) is 1. The van der Waals surface area contributed by atoms with E-state index in [1.165, 1.54) is 0 Å². The van der Waals surface area contributed by atoms with E-state index in [0.717, 1.165) is 12.8 Å². The first kappa shape index (κ1) is 8.22. The van der Waals surface area contributed by atoms with E-state index in [9.17, 15) is 4.79 Å². The van der Waals surface area contributed by atoms with Crippen molar-refractivity contribution in [2.45, 2.75) is 25.7 Å². The standard InChI is InChI=1S/C8H11NO2/c9-5-1-7(11)8(2-3-8)4-6-10/h10H,1-4,6H2. The summed E-state index contributed by atoms with van der Waals surface area (Å²) in [6.45, 7) is 0.0527. The van der Waals surface area contributed by atoms with Crippen LogP contribution in [0.1, 0.15) is 25.7 Å². The molecule has 0 unspecified atom stereocenters. The van der Waals surface area contributed by atoms with Gasteiger partial charge in [0.1, 0.15) is 0 Å². The first-order valence-corrected chi connectivity index (χ1v) is 3.76. The number of nitrogens with zero attached hydrogens (tertiary/aromatic N) is 1. The highest BCUT2D eigenvalue weighted by Crippen LogP contribution is 2.49. The van der Waals surface area contributed by atoms with Gasteiger partial charge in [0.05, 0.1) is 12.5 Å². The van der Waals surface area contributed by atoms with Crippen LogP contribution in [-0.2, 0) is 4.79 Å². The van der Waals surface area contributed by atoms with Gasteiger partial charge in [0.2, 0.25) is 0 Å². The number of rotatable bonds is 4. The Bertz CT molecular complexity index is 201. The highest BCUT2D eigenvalue weighted by atomic mass is 16.3. The van der Waals surface area contributed by atoms with Crippen LogP contribution < -0.4 is 0 Å². The highest BCUT2D eigenvalue weighted by Gasteiger charge is 2.47. The van der Waals surface area contributed by atoms with E-state index >= 15 is 0 Å². The second-order valence-corrected chi connectivity index (χ2v) is 3.01. The second-order valence-electron chi connectivity index (χ2n) is 3.01. The van der Waals surface area contributed by atoms with Gasteiger partial charge in [-0.25, -0.2) is 0 Å². The predicted octanol–water partition coefficient (Wildman–Crippen LogP) is 0.632. The Morgan fingerprint density at radius 3 is 2.64 bits per heavy atom. The summed E-state index contributed by atoms with van der Waals surface area (Å²) in [6.07, 6.45) is 2.25. The van der Waals surface area contributed by atoms with Crippen molar-refractivity contribution in [3.05, 3.63) is 0 Å². The number of hydrogen-bond acceptors (Lipinski definition) is 3. The zero-order chi connectivity index (χ0) is 8.32. The third-order valence-corrected chi connectivity index (χ3v) is 2.28. The van der Waals surface area contributed by atoms with Crippen LogP contribution in [0.5, 0.6) is 0 Å². The van der Waals surface area contributed by atoms with Crippen LogP contribution in [0, 0.1) is 16.7 Å². The fourth-order valence-electron chi connectivity index (χ4n) is 1.29. The molecule has 3 nitrogen and oxygen atoms in total. The van der Waals surface area contributed by atoms with Crippen molar-refractivity contribution < 1.29 is 9.90 Å². The van der Waals surface area contributed by atoms with Crippen LogP contribution in [0.4, 0.5) is 0 Å². The first-order chi connectivity index (χ1) is 5.25. The van der Waals surface area contributed by atoms with Crippen LogP contribution in [0.25, 0.3) is 0 Å². The molecule has 1 N–H and O–H groups in total. The normalized spacial score (nSPS) is 18.9. The van der Waals surface area contributed by atoms with E-state index in [2.05, 4.69) is 0 Å². The minimum absolute atomic E-state index is 0.000000000000000222. The Balaban J connectivity index is 2.46. The molecule has 0 atom stereocenters. The third kappa shape index (κ3) is 1.58. The van der Waals surface area contributed by atoms with Crippen molar-refractivity contribution in [2.75, 3.05) is 6.61 Å². The first-order valence-electron chi connectivity index (χ1n) is 3.76. The van der Waals surface area contributed by atoms with Crippen LogP contribution in [-0.4, -0.2) is 17.5 Å². The number of ketones is 1. The average Bonchev–Trinajstić information content (AvgIpc) is 2.71. The van der Waals surface area contributed by atoms with E-state index in [4.69, 9.17) is 10.4 Å². The average molecular weight is 153 g/mol. The Labute approximate surface area is 65.6 Å². The van der Waals surface area contributed by atoms with Crippen LogP contribution >= 0.6 is 0 Å². The lowest BCUT2D eigenvalue weighted by Crippen LogP contribution is -2.16. The van der Waals surface area contributed by atoms with E-state index in [1.54, 1.807) is 0 Å². The summed E-state index contributed by atoms with van der Waals surface area (Å²) in [5.74, 6) is 0.00838. The van der Waals surface area contributed by atoms with Crippen molar-refractivity contribution >= 4 is 5.78 Å². The van der Waals surface area contributed by atoms with E-state index in [0.29, 0.717) is 6.42 Å². The molecule has 0 aromatic rings. The van der Waals surface area contributed by atoms with E-state index in [-0.39, 0.29) is 24.2 Å². The van der Waals surface area contributed by atoms with Gasteiger partial charge in [-0.15, -0.1) is 0 Å². The Morgan fingerprint density at radius 2 is 2.27 bits per heavy atom. The fraction of sp³-hybridized carbons (Fsp3) is 0.750. The number of Topliss-reactive ketones (excluding diaryl/α,β-unsaturated/α-hetero) is 1. The van der Waals surface area contributed by atoms with Crippen molar-refractivity contribution in [3.63, 3.8) is 0 Å². The molecule has 60 valence electrons. The van der Waals surface area contributed by atoms with Gasteiger partial charge in [0.25, 0.3) is 0 Å². The Kier molecular flexibility index (Phi) is 2.25. The molecular weight excluding hydrogens is 142 g/mol. The summed E-state index contributed by atoms with van der Waals surface area (Å²) >= 11 is 0. The maximum atomic E-state index is 11.2. The molecule has 0 heterocycles. The number of aliphatic hydroxyl groups is 1. The summed E-state index contributed by atoms with van der Waals surface area (Å²) in [5.41, 5.74) is -0.301. The molecule has 1 aliphatic rings. The lowest BCUT2D eigenvalue weighted by Gasteiger charge is -2.08. The minimum atomic E-state index is -0.301. The third-order valence-electron chi connectivity index (χ3n) is 2.28. The summed E-state index contributed by atoms with van der Waals surface area (Å²) < 4.78 is 0. The molecule has 3 heteroatoms. The van der Waals surface area contributed by atoms with Crippen LogP contribution in [0.2, 0.25) is 0 Å². The quantitative estimate of drug-likeness (QED) is 0.644. The Morgan fingerprint density at radius 1 is 1.64 bits per heavy atom. The maximum absolute atomic E-state index is 11.2. The molecular formula is C8H11NO2. The molecule has 1 saturated carbocycles. The predicted molar refractivity (Wildman–Crippen MR) is 38.6 cm³/mol. The largest absolute Gasteiger partial charge is 0.396 e. The van der Waals surface area contributed by atoms with Gasteiger partial charge in [-0.1, -0.05) is 0 Å². The lowest BCUT2D eigenvalue weighted by atomic mass is 9.95. The molecule has 0 saturated heterocycles. The Hall–Kier alpha value is -0.880. The van der Waals surface area contributed by atoms with Gasteiger partial charge >= 0.3 is 0 Å². The van der Waals surface area contributed by atoms with Crippen LogP contribution in [0.15, 0.2) is 0 Å². The van der Waals surface area contributed by atoms with E-state index in [1.807, 2.05) is 6.07 Å². The van der Waals surface area contributed by atoms with Crippen molar-refractivity contribution in [3.8, 4) is 6.07 Å². The van der Waals surface area contributed by atoms with Crippen LogP contribution in [0.3, 0.4) is 0 Å². The van der Waals surface area contributed by atoms with Gasteiger partial charge in [0.15, 0.2) is 5.78 Å². The zero-order valence-electron chi connectivity index (χ0n) is 6.34. The van der Waals surface area contributed by atoms with Gasteiger partial charge in [-0.05, 0) is 19.3 Å². The lowest BCUT2D eigenvalue weighted by molar-refractivity contribution is -0.123. The molecule has 0 aromatic heterocycles. The number of carbonyl (C=O) groups excluding carboxylic acids is 1. The molecule has 0 bridgehead atoms. The van der Waals surface area contributed by atoms with Gasteiger partial charge in [-0.2, -0.15) is 5.26 Å². The number of carbonyl (C=O) groups is 1. The minimum Gasteiger partial charge on any atom is -0.396 e. The molecule has 1 aliphatic carbocycles. The molecule has 0 aliphatic heterocycles. The van der Waals surface area contributed by atoms with Gasteiger partial charge < -0.3 is 5.11 Å². The highest BCUT2D eigenvalue weighted by molar-refractivity contribution is 5.88. The summed E-state index contributed by atoms with van der Waals surface area (Å²) in [7, 11) is 0. The molecule has 0 amide bonds. The van der Waals surface area contributed by atoms with Gasteiger partial charge in [0, 0.05) is 12.0 Å².